The number of aliphatic hydroxyl groups excluding tert-OH is 1. The van der Waals surface area contributed by atoms with Crippen molar-refractivity contribution in [2.45, 2.75) is 13.0 Å². The van der Waals surface area contributed by atoms with Gasteiger partial charge in [0.25, 0.3) is 11.5 Å². The highest BCUT2D eigenvalue weighted by atomic mass is 16.3. The lowest BCUT2D eigenvalue weighted by Crippen LogP contribution is -2.34. The van der Waals surface area contributed by atoms with E-state index in [2.05, 4.69) is 4.98 Å². The fourth-order valence-corrected chi connectivity index (χ4v) is 2.01. The Bertz CT molecular complexity index is 661. The molecule has 19 heavy (non-hydrogen) atoms. The number of hydrogen-bond donors (Lipinski definition) is 2. The number of carbonyl (C=O) groups is 1. The summed E-state index contributed by atoms with van der Waals surface area (Å²) < 4.78 is 0. The monoisotopic (exact) mass is 260 g/mol. The number of likely N-dealkylation sites (N-methyl/N-ethyl adjacent to an activating group) is 1. The minimum atomic E-state index is -0.610. The summed E-state index contributed by atoms with van der Waals surface area (Å²) in [4.78, 5) is 27.9. The Hall–Kier alpha value is -2.14. The van der Waals surface area contributed by atoms with E-state index in [1.165, 1.54) is 4.90 Å². The molecule has 1 heterocycles. The molecule has 0 aliphatic rings. The molecule has 0 fully saturated rings. The van der Waals surface area contributed by atoms with E-state index in [1.807, 2.05) is 6.07 Å². The zero-order valence-electron chi connectivity index (χ0n) is 10.9. The Kier molecular flexibility index (Phi) is 3.66. The van der Waals surface area contributed by atoms with Gasteiger partial charge in [0.2, 0.25) is 0 Å². The first kappa shape index (κ1) is 13.3. The van der Waals surface area contributed by atoms with Crippen molar-refractivity contribution in [3.8, 4) is 0 Å². The third-order valence-corrected chi connectivity index (χ3v) is 2.87. The van der Waals surface area contributed by atoms with Crippen LogP contribution in [0.2, 0.25) is 0 Å². The molecule has 0 spiro atoms. The minimum absolute atomic E-state index is 0.216. The molecule has 100 valence electrons. The van der Waals surface area contributed by atoms with E-state index >= 15 is 0 Å². The molecule has 5 heteroatoms. The van der Waals surface area contributed by atoms with Crippen molar-refractivity contribution in [2.24, 2.45) is 0 Å². The van der Waals surface area contributed by atoms with Crippen LogP contribution in [-0.2, 0) is 0 Å². The van der Waals surface area contributed by atoms with Crippen molar-refractivity contribution in [1.29, 1.82) is 0 Å². The van der Waals surface area contributed by atoms with Gasteiger partial charge in [-0.3, -0.25) is 9.59 Å². The number of rotatable bonds is 3. The van der Waals surface area contributed by atoms with Crippen molar-refractivity contribution < 1.29 is 9.90 Å². The standard InChI is InChI=1S/C14H16N2O3/c1-9(17)8-16(2)14(19)12-7-10-5-3-4-6-11(10)13(18)15-12/h3-7,9,17H,8H2,1-2H3,(H,15,18). The van der Waals surface area contributed by atoms with Gasteiger partial charge in [-0.05, 0) is 24.4 Å². The number of H-pyrrole nitrogens is 1. The van der Waals surface area contributed by atoms with E-state index in [9.17, 15) is 14.7 Å². The van der Waals surface area contributed by atoms with Gasteiger partial charge in [-0.15, -0.1) is 0 Å². The third kappa shape index (κ3) is 2.82. The predicted octanol–water partition coefficient (Wildman–Crippen LogP) is 0.981. The molecule has 0 aliphatic carbocycles. The minimum Gasteiger partial charge on any atom is -0.392 e. The van der Waals surface area contributed by atoms with Gasteiger partial charge in [0, 0.05) is 19.0 Å². The summed E-state index contributed by atoms with van der Waals surface area (Å²) in [6.45, 7) is 1.82. The first-order chi connectivity index (χ1) is 8.99. The third-order valence-electron chi connectivity index (χ3n) is 2.87. The van der Waals surface area contributed by atoms with Gasteiger partial charge in [0.1, 0.15) is 5.69 Å². The van der Waals surface area contributed by atoms with Gasteiger partial charge in [-0.2, -0.15) is 0 Å². The Balaban J connectivity index is 2.41. The van der Waals surface area contributed by atoms with E-state index < -0.39 is 6.10 Å². The van der Waals surface area contributed by atoms with Crippen LogP contribution in [0.1, 0.15) is 17.4 Å². The summed E-state index contributed by atoms with van der Waals surface area (Å²) in [7, 11) is 1.59. The fourth-order valence-electron chi connectivity index (χ4n) is 2.01. The average Bonchev–Trinajstić information content (AvgIpc) is 2.37. The summed E-state index contributed by atoms with van der Waals surface area (Å²) in [5, 5.41) is 10.6. The molecule has 1 unspecified atom stereocenters. The topological polar surface area (TPSA) is 73.4 Å². The van der Waals surface area contributed by atoms with E-state index in [1.54, 1.807) is 38.2 Å². The van der Waals surface area contributed by atoms with Gasteiger partial charge in [0.15, 0.2) is 0 Å². The quantitative estimate of drug-likeness (QED) is 0.864. The van der Waals surface area contributed by atoms with Gasteiger partial charge < -0.3 is 15.0 Å². The van der Waals surface area contributed by atoms with Crippen molar-refractivity contribution >= 4 is 16.7 Å². The maximum atomic E-state index is 12.1. The van der Waals surface area contributed by atoms with Crippen molar-refractivity contribution in [3.05, 3.63) is 46.4 Å². The van der Waals surface area contributed by atoms with Gasteiger partial charge >= 0.3 is 0 Å². The smallest absolute Gasteiger partial charge is 0.270 e. The number of fused-ring (bicyclic) bond motifs is 1. The number of aliphatic hydroxyl groups is 1. The highest BCUT2D eigenvalue weighted by Gasteiger charge is 2.15. The SMILES string of the molecule is CC(O)CN(C)C(=O)c1cc2ccccc2c(=O)[nH]1. The van der Waals surface area contributed by atoms with Crippen molar-refractivity contribution in [1.82, 2.24) is 9.88 Å². The second-order valence-electron chi connectivity index (χ2n) is 4.63. The Morgan fingerprint density at radius 3 is 2.79 bits per heavy atom. The van der Waals surface area contributed by atoms with Crippen molar-refractivity contribution in [3.63, 3.8) is 0 Å². The van der Waals surface area contributed by atoms with Crippen LogP contribution in [0.3, 0.4) is 0 Å². The Morgan fingerprint density at radius 1 is 1.42 bits per heavy atom. The fraction of sp³-hybridized carbons (Fsp3) is 0.286. The molecule has 2 aromatic rings. The molecule has 2 rings (SSSR count). The van der Waals surface area contributed by atoms with Crippen LogP contribution < -0.4 is 5.56 Å². The average molecular weight is 260 g/mol. The first-order valence-corrected chi connectivity index (χ1v) is 6.04. The van der Waals surface area contributed by atoms with Crippen LogP contribution >= 0.6 is 0 Å². The molecular weight excluding hydrogens is 244 g/mol. The van der Waals surface area contributed by atoms with Crippen LogP contribution in [-0.4, -0.2) is 40.6 Å². The Morgan fingerprint density at radius 2 is 2.11 bits per heavy atom. The van der Waals surface area contributed by atoms with Gasteiger partial charge in [-0.25, -0.2) is 0 Å². The molecule has 1 amide bonds. The summed E-state index contributed by atoms with van der Waals surface area (Å²) in [5.74, 6) is -0.316. The number of amides is 1. The normalized spacial score (nSPS) is 12.4. The number of benzene rings is 1. The zero-order valence-corrected chi connectivity index (χ0v) is 10.9. The van der Waals surface area contributed by atoms with Crippen LogP contribution in [0, 0.1) is 0 Å². The number of hydrogen-bond acceptors (Lipinski definition) is 3. The molecule has 0 bridgehead atoms. The molecule has 0 radical (unpaired) electrons. The number of carbonyl (C=O) groups excluding carboxylic acids is 1. The zero-order chi connectivity index (χ0) is 14.0. The van der Waals surface area contributed by atoms with E-state index in [4.69, 9.17) is 0 Å². The molecule has 0 aliphatic heterocycles. The maximum absolute atomic E-state index is 12.1. The van der Waals surface area contributed by atoms with Crippen molar-refractivity contribution in [2.75, 3.05) is 13.6 Å². The lowest BCUT2D eigenvalue weighted by molar-refractivity contribution is 0.0698. The first-order valence-electron chi connectivity index (χ1n) is 6.04. The van der Waals surface area contributed by atoms with E-state index in [0.29, 0.717) is 5.39 Å². The predicted molar refractivity (Wildman–Crippen MR) is 73.2 cm³/mol. The largest absolute Gasteiger partial charge is 0.392 e. The number of aromatic nitrogens is 1. The molecule has 0 saturated carbocycles. The molecule has 2 N–H and O–H groups in total. The lowest BCUT2D eigenvalue weighted by Gasteiger charge is -2.18. The second kappa shape index (κ2) is 5.24. The van der Waals surface area contributed by atoms with Crippen LogP contribution in [0.5, 0.6) is 0 Å². The lowest BCUT2D eigenvalue weighted by atomic mass is 10.1. The summed E-state index contributed by atoms with van der Waals surface area (Å²) in [6, 6.07) is 8.74. The Labute approximate surface area is 110 Å². The molecule has 1 aromatic carbocycles. The number of nitrogens with one attached hydrogen (secondary N) is 1. The highest BCUT2D eigenvalue weighted by Crippen LogP contribution is 2.11. The summed E-state index contributed by atoms with van der Waals surface area (Å²) >= 11 is 0. The summed E-state index contributed by atoms with van der Waals surface area (Å²) in [5.41, 5.74) is -0.0567. The molecule has 1 aromatic heterocycles. The highest BCUT2D eigenvalue weighted by molar-refractivity contribution is 5.96. The van der Waals surface area contributed by atoms with Crippen LogP contribution in [0.4, 0.5) is 0 Å². The molecule has 0 saturated heterocycles. The van der Waals surface area contributed by atoms with Gasteiger partial charge in [0.05, 0.1) is 6.10 Å². The molecule has 5 nitrogen and oxygen atoms in total. The van der Waals surface area contributed by atoms with Gasteiger partial charge in [-0.1, -0.05) is 18.2 Å². The number of nitrogens with zero attached hydrogens (tertiary/aromatic N) is 1. The second-order valence-corrected chi connectivity index (χ2v) is 4.63. The van der Waals surface area contributed by atoms with E-state index in [0.717, 1.165) is 5.39 Å². The van der Waals surface area contributed by atoms with E-state index in [-0.39, 0.29) is 23.7 Å². The van der Waals surface area contributed by atoms with Crippen LogP contribution in [0.15, 0.2) is 35.1 Å². The molecule has 1 atom stereocenters. The molecular formula is C14H16N2O3. The van der Waals surface area contributed by atoms with Crippen LogP contribution in [0.25, 0.3) is 10.8 Å². The number of aromatic amines is 1. The number of pyridine rings is 1. The maximum Gasteiger partial charge on any atom is 0.270 e. The summed E-state index contributed by atoms with van der Waals surface area (Å²) in [6.07, 6.45) is -0.610.